The first-order chi connectivity index (χ1) is 18.6. The normalized spacial score (nSPS) is 18.8. The van der Waals surface area contributed by atoms with E-state index in [0.717, 1.165) is 35.1 Å². The lowest BCUT2D eigenvalue weighted by atomic mass is 9.76. The van der Waals surface area contributed by atoms with Gasteiger partial charge in [0.05, 0.1) is 5.52 Å². The average Bonchev–Trinajstić information content (AvgIpc) is 3.42. The minimum Gasteiger partial charge on any atom is -0.478 e. The van der Waals surface area contributed by atoms with Gasteiger partial charge >= 0.3 is 5.97 Å². The van der Waals surface area contributed by atoms with Gasteiger partial charge in [0.2, 0.25) is 0 Å². The van der Waals surface area contributed by atoms with Gasteiger partial charge in [-0.1, -0.05) is 28.9 Å². The molecule has 39 heavy (non-hydrogen) atoms. The van der Waals surface area contributed by atoms with Crippen LogP contribution in [0.2, 0.25) is 0 Å². The summed E-state index contributed by atoms with van der Waals surface area (Å²) in [7, 11) is 1.55. The molecule has 0 aliphatic heterocycles. The van der Waals surface area contributed by atoms with Crippen molar-refractivity contribution in [1.29, 1.82) is 0 Å². The molecule has 2 aliphatic carbocycles. The number of hydrogen-bond donors (Lipinski definition) is 1. The van der Waals surface area contributed by atoms with Crippen LogP contribution < -0.4 is 0 Å². The molecular weight excluding hydrogens is 546 g/mol. The predicted molar refractivity (Wildman–Crippen MR) is 148 cm³/mol. The van der Waals surface area contributed by atoms with Crippen molar-refractivity contribution in [1.82, 2.24) is 9.72 Å². The van der Waals surface area contributed by atoms with E-state index in [2.05, 4.69) is 5.16 Å². The zero-order valence-corrected chi connectivity index (χ0v) is 23.0. The molecule has 0 saturated heterocycles. The number of alkyl halides is 1. The van der Waals surface area contributed by atoms with Gasteiger partial charge in [0.25, 0.3) is 5.91 Å². The molecule has 10 heteroatoms. The number of carbonyl (C=O) groups excluding carboxylic acids is 1. The molecule has 204 valence electrons. The fourth-order valence-electron chi connectivity index (χ4n) is 5.41. The van der Waals surface area contributed by atoms with Gasteiger partial charge in [0.1, 0.15) is 22.7 Å². The van der Waals surface area contributed by atoms with Crippen LogP contribution in [0, 0.1) is 0 Å². The highest BCUT2D eigenvalue weighted by Crippen LogP contribution is 2.47. The van der Waals surface area contributed by atoms with E-state index in [0.29, 0.717) is 36.8 Å². The van der Waals surface area contributed by atoms with Gasteiger partial charge in [-0.3, -0.25) is 9.36 Å². The molecule has 0 amide bonds. The number of ether oxygens (including phenoxy) is 1. The molecule has 3 aromatic rings. The molecule has 2 heterocycles. The van der Waals surface area contributed by atoms with Gasteiger partial charge in [-0.05, 0) is 74.3 Å². The predicted octanol–water partition coefficient (Wildman–Crippen LogP) is 7.21. The summed E-state index contributed by atoms with van der Waals surface area (Å²) in [5.74, 6) is -1.91. The van der Waals surface area contributed by atoms with Crippen molar-refractivity contribution in [3.8, 4) is 0 Å². The van der Waals surface area contributed by atoms with Crippen molar-refractivity contribution in [3.05, 3.63) is 75.6 Å². The van der Waals surface area contributed by atoms with E-state index in [1.54, 1.807) is 32.4 Å². The van der Waals surface area contributed by atoms with Gasteiger partial charge in [0, 0.05) is 41.3 Å². The molecular formula is C29H27Cl2FN2O5. The Balaban J connectivity index is 1.65. The van der Waals surface area contributed by atoms with Crippen molar-refractivity contribution >= 4 is 57.6 Å². The van der Waals surface area contributed by atoms with Crippen molar-refractivity contribution < 1.29 is 28.3 Å². The second kappa shape index (κ2) is 10.8. The van der Waals surface area contributed by atoms with Gasteiger partial charge < -0.3 is 14.4 Å². The smallest absolute Gasteiger partial charge is 0.328 e. The van der Waals surface area contributed by atoms with Crippen molar-refractivity contribution in [2.45, 2.75) is 56.4 Å². The van der Waals surface area contributed by atoms with Crippen LogP contribution >= 0.6 is 23.2 Å². The molecule has 0 bridgehead atoms. The Bertz CT molecular complexity index is 1550. The number of benzene rings is 1. The Labute approximate surface area is 234 Å². The number of hydrogen-bond acceptors (Lipinski definition) is 5. The van der Waals surface area contributed by atoms with Gasteiger partial charge in [-0.15, -0.1) is 11.6 Å². The first-order valence-electron chi connectivity index (χ1n) is 12.7. The number of methoxy groups -OCH3 is 1. The van der Waals surface area contributed by atoms with Crippen LogP contribution in [0.1, 0.15) is 72.0 Å². The SMILES string of the molecule is COC1(c2onc(/C=C(F)/C=C(/Cl)CC(C)Cl)c2C(=O)n2cc3c4c(cccc42)/C(=C/C(=O)O)CC3)CCC1. The maximum Gasteiger partial charge on any atom is 0.328 e. The van der Waals surface area contributed by atoms with E-state index in [1.165, 1.54) is 10.6 Å². The minimum atomic E-state index is -1.02. The summed E-state index contributed by atoms with van der Waals surface area (Å²) in [6, 6.07) is 5.45. The van der Waals surface area contributed by atoms with Crippen LogP contribution in [0.3, 0.4) is 0 Å². The van der Waals surface area contributed by atoms with E-state index < -0.39 is 23.3 Å². The number of halogens is 3. The monoisotopic (exact) mass is 572 g/mol. The Kier molecular flexibility index (Phi) is 7.55. The van der Waals surface area contributed by atoms with Crippen LogP contribution in [0.4, 0.5) is 4.39 Å². The fourth-order valence-corrected chi connectivity index (χ4v) is 5.99. The number of allylic oxidation sites excluding steroid dienone is 4. The van der Waals surface area contributed by atoms with Crippen LogP contribution in [0.5, 0.6) is 0 Å². The summed E-state index contributed by atoms with van der Waals surface area (Å²) in [6.45, 7) is 1.75. The topological polar surface area (TPSA) is 94.6 Å². The number of carboxylic acid groups (broad SMARTS) is 1. The maximum absolute atomic E-state index is 15.0. The highest BCUT2D eigenvalue weighted by Gasteiger charge is 2.46. The van der Waals surface area contributed by atoms with Gasteiger partial charge in [0.15, 0.2) is 5.76 Å². The summed E-state index contributed by atoms with van der Waals surface area (Å²) < 4.78 is 28.0. The number of nitrogens with zero attached hydrogens (tertiary/aromatic N) is 2. The van der Waals surface area contributed by atoms with E-state index in [-0.39, 0.29) is 33.8 Å². The summed E-state index contributed by atoms with van der Waals surface area (Å²) in [4.78, 5) is 25.6. The quantitative estimate of drug-likeness (QED) is 0.174. The number of aromatic nitrogens is 2. The molecule has 0 spiro atoms. The highest BCUT2D eigenvalue weighted by atomic mass is 35.5. The first-order valence-corrected chi connectivity index (χ1v) is 13.5. The zero-order valence-electron chi connectivity index (χ0n) is 21.5. The third kappa shape index (κ3) is 5.09. The number of rotatable bonds is 8. The molecule has 2 aliphatic rings. The standard InChI is InChI=1S/C29H27Cl2FN2O5/c1-16(30)11-19(31)13-20(32)14-22-26(27(39-33-22)29(38-2)9-4-10-29)28(37)34-15-18-8-7-17(12-24(35)36)21-5-3-6-23(34)25(18)21/h3,5-6,12-16H,4,7-11H2,1-2H3,(H,35,36)/b17-12+,19-13+,20-14-. The molecule has 0 radical (unpaired) electrons. The van der Waals surface area contributed by atoms with Gasteiger partial charge in [-0.25, -0.2) is 9.18 Å². The Hall–Kier alpha value is -3.20. The molecule has 1 unspecified atom stereocenters. The van der Waals surface area contributed by atoms with Crippen LogP contribution in [-0.2, 0) is 21.6 Å². The highest BCUT2D eigenvalue weighted by molar-refractivity contribution is 6.30. The zero-order chi connectivity index (χ0) is 27.9. The van der Waals surface area contributed by atoms with Crippen LogP contribution in [0.15, 0.2) is 51.9 Å². The number of aryl methyl sites for hydroxylation is 1. The third-order valence-electron chi connectivity index (χ3n) is 7.38. The summed E-state index contributed by atoms with van der Waals surface area (Å²) >= 11 is 12.1. The largest absolute Gasteiger partial charge is 0.478 e. The molecule has 1 N–H and O–H groups in total. The molecule has 2 aromatic heterocycles. The number of carboxylic acids is 1. The second-order valence-corrected chi connectivity index (χ2v) is 11.2. The van der Waals surface area contributed by atoms with Gasteiger partial charge in [-0.2, -0.15) is 0 Å². The molecule has 1 saturated carbocycles. The molecule has 7 nitrogen and oxygen atoms in total. The van der Waals surface area contributed by atoms with E-state index in [1.807, 2.05) is 6.07 Å². The van der Waals surface area contributed by atoms with Crippen molar-refractivity contribution in [2.75, 3.05) is 7.11 Å². The Morgan fingerprint density at radius 1 is 1.33 bits per heavy atom. The maximum atomic E-state index is 15.0. The summed E-state index contributed by atoms with van der Waals surface area (Å²) in [6.07, 6.45) is 8.78. The van der Waals surface area contributed by atoms with Crippen molar-refractivity contribution in [3.63, 3.8) is 0 Å². The summed E-state index contributed by atoms with van der Waals surface area (Å²) in [5.41, 5.74) is 2.32. The Morgan fingerprint density at radius 3 is 2.74 bits per heavy atom. The lowest BCUT2D eigenvalue weighted by Gasteiger charge is -2.38. The first kappa shape index (κ1) is 27.4. The number of aliphatic carboxylic acids is 1. The molecule has 5 rings (SSSR count). The number of carbonyl (C=O) groups is 2. The molecule has 1 fully saturated rings. The lowest BCUT2D eigenvalue weighted by Crippen LogP contribution is -2.37. The average molecular weight is 573 g/mol. The second-order valence-electron chi connectivity index (χ2n) is 9.97. The Morgan fingerprint density at radius 2 is 2.10 bits per heavy atom. The van der Waals surface area contributed by atoms with E-state index in [4.69, 9.17) is 32.5 Å². The third-order valence-corrected chi connectivity index (χ3v) is 7.80. The van der Waals surface area contributed by atoms with E-state index >= 15 is 4.39 Å². The molecule has 1 atom stereocenters. The minimum absolute atomic E-state index is 0.0244. The fraction of sp³-hybridized carbons (Fsp3) is 0.345. The molecule has 1 aromatic carbocycles. The van der Waals surface area contributed by atoms with Crippen LogP contribution in [-0.4, -0.2) is 39.2 Å². The van der Waals surface area contributed by atoms with Crippen molar-refractivity contribution in [2.24, 2.45) is 0 Å². The summed E-state index contributed by atoms with van der Waals surface area (Å²) in [5, 5.41) is 14.2. The van der Waals surface area contributed by atoms with Crippen LogP contribution in [0.25, 0.3) is 22.6 Å². The lowest BCUT2D eigenvalue weighted by molar-refractivity contribution is -0.131. The van der Waals surface area contributed by atoms with E-state index in [9.17, 15) is 14.7 Å².